The number of nitrogens with two attached hydrogens (primary N) is 1. The van der Waals surface area contributed by atoms with Gasteiger partial charge in [0.25, 0.3) is 10.0 Å². The molecule has 2 aromatic rings. The average Bonchev–Trinajstić information content (AvgIpc) is 2.32. The number of nitrogens with one attached hydrogen (secondary N) is 1. The summed E-state index contributed by atoms with van der Waals surface area (Å²) in [5.74, 6) is 0.0719. The normalized spacial score (nSPS) is 11.2. The topological polar surface area (TPSA) is 98.0 Å². The van der Waals surface area contributed by atoms with Gasteiger partial charge in [-0.15, -0.1) is 0 Å². The zero-order valence-corrected chi connectivity index (χ0v) is 10.6. The predicted molar refractivity (Wildman–Crippen MR) is 68.7 cm³/mol. The lowest BCUT2D eigenvalue weighted by atomic mass is 10.3. The Morgan fingerprint density at radius 2 is 1.89 bits per heavy atom. The van der Waals surface area contributed by atoms with Crippen LogP contribution >= 0.6 is 11.6 Å². The molecule has 18 heavy (non-hydrogen) atoms. The third kappa shape index (κ3) is 2.69. The van der Waals surface area contributed by atoms with Crippen LogP contribution in [0.2, 0.25) is 5.15 Å². The molecular weight excluding hydrogens is 276 g/mol. The van der Waals surface area contributed by atoms with E-state index in [-0.39, 0.29) is 21.6 Å². The highest BCUT2D eigenvalue weighted by Crippen LogP contribution is 2.19. The first kappa shape index (κ1) is 12.6. The van der Waals surface area contributed by atoms with Crippen LogP contribution < -0.4 is 10.5 Å². The van der Waals surface area contributed by atoms with E-state index in [4.69, 9.17) is 17.3 Å². The fraction of sp³-hybridized carbons (Fsp3) is 0. The van der Waals surface area contributed by atoms with Crippen molar-refractivity contribution in [1.29, 1.82) is 0 Å². The van der Waals surface area contributed by atoms with Crippen LogP contribution in [0.1, 0.15) is 0 Å². The van der Waals surface area contributed by atoms with Crippen LogP contribution in [-0.2, 0) is 10.0 Å². The summed E-state index contributed by atoms with van der Waals surface area (Å²) in [4.78, 5) is 7.50. The number of para-hydroxylation sites is 1. The van der Waals surface area contributed by atoms with Gasteiger partial charge in [-0.2, -0.15) is 0 Å². The smallest absolute Gasteiger partial charge is 0.265 e. The zero-order valence-electron chi connectivity index (χ0n) is 9.04. The van der Waals surface area contributed by atoms with Crippen LogP contribution in [0.3, 0.4) is 0 Å². The van der Waals surface area contributed by atoms with Crippen molar-refractivity contribution in [2.75, 3.05) is 10.5 Å². The van der Waals surface area contributed by atoms with E-state index in [1.807, 2.05) is 0 Å². The van der Waals surface area contributed by atoms with Gasteiger partial charge in [0.15, 0.2) is 5.82 Å². The Kier molecular flexibility index (Phi) is 3.35. The minimum Gasteiger partial charge on any atom is -0.398 e. The number of nitrogen functional groups attached to an aromatic ring is 1. The summed E-state index contributed by atoms with van der Waals surface area (Å²) >= 11 is 5.55. The van der Waals surface area contributed by atoms with Crippen LogP contribution in [0.5, 0.6) is 0 Å². The molecule has 94 valence electrons. The third-order valence-corrected chi connectivity index (χ3v) is 3.69. The standard InChI is InChI=1S/C10H9ClN4O2S/c11-9-5-14-10(6-13-9)15-18(16,17)8-4-2-1-3-7(8)12/h1-6H,12H2,(H,14,15). The molecular formula is C10H9ClN4O2S. The molecule has 0 radical (unpaired) electrons. The third-order valence-electron chi connectivity index (χ3n) is 2.07. The second kappa shape index (κ2) is 4.79. The molecule has 0 saturated heterocycles. The predicted octanol–water partition coefficient (Wildman–Crippen LogP) is 1.51. The SMILES string of the molecule is Nc1ccccc1S(=O)(=O)Nc1cnc(Cl)cn1. The molecule has 0 amide bonds. The summed E-state index contributed by atoms with van der Waals surface area (Å²) in [5.41, 5.74) is 5.77. The first-order valence-electron chi connectivity index (χ1n) is 4.84. The molecule has 8 heteroatoms. The van der Waals surface area contributed by atoms with Crippen molar-refractivity contribution >= 4 is 33.1 Å². The molecule has 1 aromatic heterocycles. The monoisotopic (exact) mass is 284 g/mol. The molecule has 0 atom stereocenters. The van der Waals surface area contributed by atoms with Crippen molar-refractivity contribution in [3.8, 4) is 0 Å². The molecule has 0 aliphatic carbocycles. The van der Waals surface area contributed by atoms with Gasteiger partial charge in [0, 0.05) is 0 Å². The lowest BCUT2D eigenvalue weighted by molar-refractivity contribution is 0.601. The van der Waals surface area contributed by atoms with Crippen LogP contribution in [0.4, 0.5) is 11.5 Å². The maximum absolute atomic E-state index is 12.0. The molecule has 1 aromatic carbocycles. The zero-order chi connectivity index (χ0) is 13.2. The van der Waals surface area contributed by atoms with E-state index in [0.717, 1.165) is 0 Å². The van der Waals surface area contributed by atoms with E-state index < -0.39 is 10.0 Å². The van der Waals surface area contributed by atoms with Crippen molar-refractivity contribution < 1.29 is 8.42 Å². The quantitative estimate of drug-likeness (QED) is 0.833. The molecule has 0 saturated carbocycles. The molecule has 0 unspecified atom stereocenters. The number of anilines is 2. The van der Waals surface area contributed by atoms with Gasteiger partial charge >= 0.3 is 0 Å². The number of hydrogen-bond donors (Lipinski definition) is 2. The first-order chi connectivity index (χ1) is 8.49. The fourth-order valence-corrected chi connectivity index (χ4v) is 2.51. The van der Waals surface area contributed by atoms with Gasteiger partial charge in [-0.25, -0.2) is 18.4 Å². The molecule has 0 aliphatic heterocycles. The Bertz CT molecular complexity index is 658. The summed E-state index contributed by atoms with van der Waals surface area (Å²) in [5, 5.41) is 0.178. The van der Waals surface area contributed by atoms with E-state index in [1.165, 1.54) is 24.5 Å². The summed E-state index contributed by atoms with van der Waals surface area (Å²) < 4.78 is 26.3. The summed E-state index contributed by atoms with van der Waals surface area (Å²) in [6.45, 7) is 0. The van der Waals surface area contributed by atoms with E-state index in [0.29, 0.717) is 0 Å². The maximum Gasteiger partial charge on any atom is 0.265 e. The fourth-order valence-electron chi connectivity index (χ4n) is 1.28. The molecule has 3 N–H and O–H groups in total. The van der Waals surface area contributed by atoms with Gasteiger partial charge < -0.3 is 5.73 Å². The maximum atomic E-state index is 12.0. The van der Waals surface area contributed by atoms with Gasteiger partial charge in [0.1, 0.15) is 10.0 Å². The first-order valence-corrected chi connectivity index (χ1v) is 6.70. The van der Waals surface area contributed by atoms with Crippen LogP contribution in [0.25, 0.3) is 0 Å². The number of nitrogens with zero attached hydrogens (tertiary/aromatic N) is 2. The number of halogens is 1. The number of benzene rings is 1. The number of rotatable bonds is 3. The van der Waals surface area contributed by atoms with E-state index >= 15 is 0 Å². The summed E-state index contributed by atoms with van der Waals surface area (Å²) in [6, 6.07) is 6.14. The molecule has 0 spiro atoms. The van der Waals surface area contributed by atoms with Crippen molar-refractivity contribution in [1.82, 2.24) is 9.97 Å². The van der Waals surface area contributed by atoms with Crippen molar-refractivity contribution in [3.05, 3.63) is 41.8 Å². The average molecular weight is 285 g/mol. The van der Waals surface area contributed by atoms with Gasteiger partial charge in [0.05, 0.1) is 18.1 Å². The van der Waals surface area contributed by atoms with Crippen molar-refractivity contribution in [2.24, 2.45) is 0 Å². The highest BCUT2D eigenvalue weighted by Gasteiger charge is 2.17. The van der Waals surface area contributed by atoms with E-state index in [2.05, 4.69) is 14.7 Å². The Morgan fingerprint density at radius 3 is 2.50 bits per heavy atom. The highest BCUT2D eigenvalue weighted by atomic mass is 35.5. The molecule has 2 rings (SSSR count). The van der Waals surface area contributed by atoms with Crippen LogP contribution in [0.15, 0.2) is 41.6 Å². The van der Waals surface area contributed by atoms with Crippen LogP contribution in [-0.4, -0.2) is 18.4 Å². The number of hydrogen-bond acceptors (Lipinski definition) is 5. The van der Waals surface area contributed by atoms with E-state index in [1.54, 1.807) is 12.1 Å². The van der Waals surface area contributed by atoms with Crippen LogP contribution in [0, 0.1) is 0 Å². The van der Waals surface area contributed by atoms with Crippen molar-refractivity contribution in [2.45, 2.75) is 4.90 Å². The Balaban J connectivity index is 2.33. The minimum absolute atomic E-state index is 0.0123. The lowest BCUT2D eigenvalue weighted by Gasteiger charge is -2.08. The lowest BCUT2D eigenvalue weighted by Crippen LogP contribution is -2.15. The number of sulfonamides is 1. The summed E-state index contributed by atoms with van der Waals surface area (Å²) in [7, 11) is -3.78. The molecule has 0 bridgehead atoms. The Morgan fingerprint density at radius 1 is 1.17 bits per heavy atom. The molecule has 0 fully saturated rings. The van der Waals surface area contributed by atoms with E-state index in [9.17, 15) is 8.42 Å². The second-order valence-corrected chi connectivity index (χ2v) is 5.41. The van der Waals surface area contributed by atoms with Gasteiger partial charge in [0.2, 0.25) is 0 Å². The Hall–Kier alpha value is -1.86. The second-order valence-electron chi connectivity index (χ2n) is 3.37. The molecule has 1 heterocycles. The minimum atomic E-state index is -3.78. The Labute approximate surface area is 109 Å². The van der Waals surface area contributed by atoms with Gasteiger partial charge in [-0.05, 0) is 12.1 Å². The largest absolute Gasteiger partial charge is 0.398 e. The van der Waals surface area contributed by atoms with Crippen molar-refractivity contribution in [3.63, 3.8) is 0 Å². The molecule has 6 nitrogen and oxygen atoms in total. The van der Waals surface area contributed by atoms with Gasteiger partial charge in [-0.3, -0.25) is 4.72 Å². The number of aromatic nitrogens is 2. The highest BCUT2D eigenvalue weighted by molar-refractivity contribution is 7.92. The summed E-state index contributed by atoms with van der Waals surface area (Å²) in [6.07, 6.45) is 2.47. The van der Waals surface area contributed by atoms with Gasteiger partial charge in [-0.1, -0.05) is 23.7 Å². The molecule has 0 aliphatic rings.